The molecule has 2 N–H and O–H groups in total. The van der Waals surface area contributed by atoms with Crippen LogP contribution < -0.4 is 10.5 Å². The topological polar surface area (TPSA) is 52.3 Å². The summed E-state index contributed by atoms with van der Waals surface area (Å²) in [6, 6.07) is 1.80. The van der Waals surface area contributed by atoms with Crippen LogP contribution in [0.3, 0.4) is 0 Å². The van der Waals surface area contributed by atoms with E-state index in [0.29, 0.717) is 6.42 Å². The van der Waals surface area contributed by atoms with Crippen LogP contribution in [0.5, 0.6) is 5.75 Å². The molecule has 94 valence electrons. The van der Waals surface area contributed by atoms with Crippen LogP contribution in [0.1, 0.15) is 41.6 Å². The van der Waals surface area contributed by atoms with E-state index in [1.807, 2.05) is 20.8 Å². The van der Waals surface area contributed by atoms with E-state index in [0.717, 1.165) is 22.4 Å². The smallest absolute Gasteiger partial charge is 0.131 e. The van der Waals surface area contributed by atoms with Crippen LogP contribution in [-0.2, 0) is 4.79 Å². The molecule has 0 radical (unpaired) electrons. The van der Waals surface area contributed by atoms with Crippen LogP contribution in [0.2, 0.25) is 0 Å². The molecule has 3 heteroatoms. The van der Waals surface area contributed by atoms with Gasteiger partial charge in [-0.1, -0.05) is 6.07 Å². The largest absolute Gasteiger partial charge is 0.496 e. The van der Waals surface area contributed by atoms with Gasteiger partial charge in [0.25, 0.3) is 0 Å². The first-order chi connectivity index (χ1) is 7.88. The zero-order chi connectivity index (χ0) is 13.2. The number of Topliss-reactive ketones (excluding diaryl/α,β-unsaturated/α-hetero) is 1. The molecular weight excluding hydrogens is 214 g/mol. The van der Waals surface area contributed by atoms with E-state index in [4.69, 9.17) is 10.5 Å². The molecule has 0 aliphatic heterocycles. The number of ketones is 1. The number of aryl methyl sites for hydroxylation is 2. The van der Waals surface area contributed by atoms with Gasteiger partial charge in [0.15, 0.2) is 0 Å². The molecule has 0 saturated heterocycles. The maximum Gasteiger partial charge on any atom is 0.131 e. The van der Waals surface area contributed by atoms with Gasteiger partial charge in [-0.3, -0.25) is 4.79 Å². The molecule has 0 amide bonds. The second kappa shape index (κ2) is 5.32. The number of ether oxygens (including phenoxy) is 1. The van der Waals surface area contributed by atoms with Gasteiger partial charge in [-0.2, -0.15) is 0 Å². The highest BCUT2D eigenvalue weighted by atomic mass is 16.5. The summed E-state index contributed by atoms with van der Waals surface area (Å²) in [7, 11) is 1.64. The predicted molar refractivity (Wildman–Crippen MR) is 69.4 cm³/mol. The first kappa shape index (κ1) is 13.7. The average molecular weight is 235 g/mol. The molecule has 0 heterocycles. The van der Waals surface area contributed by atoms with Gasteiger partial charge in [0.05, 0.1) is 7.11 Å². The van der Waals surface area contributed by atoms with Crippen LogP contribution in [0.15, 0.2) is 6.07 Å². The first-order valence-electron chi connectivity index (χ1n) is 5.78. The summed E-state index contributed by atoms with van der Waals surface area (Å²) < 4.78 is 5.45. The number of methoxy groups -OCH3 is 1. The lowest BCUT2D eigenvalue weighted by atomic mass is 9.92. The Balaban J connectivity index is 3.31. The normalized spacial score (nSPS) is 12.4. The minimum absolute atomic E-state index is 0.0946. The standard InChI is InChI=1S/C14H21NO2/c1-8-6-9(2)13(12(15)7-10(3)16)14(17-5)11(8)4/h6,12H,7,15H2,1-5H3. The van der Waals surface area contributed by atoms with Crippen molar-refractivity contribution in [3.63, 3.8) is 0 Å². The highest BCUT2D eigenvalue weighted by molar-refractivity contribution is 5.76. The number of benzene rings is 1. The molecule has 0 saturated carbocycles. The maximum atomic E-state index is 11.2. The van der Waals surface area contributed by atoms with E-state index in [-0.39, 0.29) is 11.8 Å². The molecule has 1 unspecified atom stereocenters. The fourth-order valence-electron chi connectivity index (χ4n) is 2.21. The Kier molecular flexibility index (Phi) is 4.29. The van der Waals surface area contributed by atoms with Crippen LogP contribution in [0.25, 0.3) is 0 Å². The molecule has 0 aromatic heterocycles. The summed E-state index contributed by atoms with van der Waals surface area (Å²) in [5.74, 6) is 0.911. The Morgan fingerprint density at radius 2 is 1.94 bits per heavy atom. The summed E-state index contributed by atoms with van der Waals surface area (Å²) in [6.45, 7) is 7.62. The average Bonchev–Trinajstić information content (AvgIpc) is 2.21. The third kappa shape index (κ3) is 2.86. The molecule has 3 nitrogen and oxygen atoms in total. The van der Waals surface area contributed by atoms with Crippen LogP contribution in [0, 0.1) is 20.8 Å². The molecule has 17 heavy (non-hydrogen) atoms. The third-order valence-electron chi connectivity index (χ3n) is 3.12. The van der Waals surface area contributed by atoms with Crippen molar-refractivity contribution >= 4 is 5.78 Å². The molecule has 0 spiro atoms. The third-order valence-corrected chi connectivity index (χ3v) is 3.12. The van der Waals surface area contributed by atoms with Crippen molar-refractivity contribution in [3.8, 4) is 5.75 Å². The van der Waals surface area contributed by atoms with E-state index < -0.39 is 0 Å². The molecular formula is C14H21NO2. The Hall–Kier alpha value is -1.35. The van der Waals surface area contributed by atoms with Gasteiger partial charge in [-0.15, -0.1) is 0 Å². The summed E-state index contributed by atoms with van der Waals surface area (Å²) in [6.07, 6.45) is 0.347. The summed E-state index contributed by atoms with van der Waals surface area (Å²) >= 11 is 0. The number of hydrogen-bond donors (Lipinski definition) is 1. The number of carbonyl (C=O) groups is 1. The molecule has 1 aromatic carbocycles. The SMILES string of the molecule is COc1c(C)c(C)cc(C)c1C(N)CC(C)=O. The quantitative estimate of drug-likeness (QED) is 0.872. The van der Waals surface area contributed by atoms with Gasteiger partial charge < -0.3 is 10.5 Å². The zero-order valence-electron chi connectivity index (χ0n) is 11.3. The molecule has 1 aromatic rings. The van der Waals surface area contributed by atoms with E-state index in [9.17, 15) is 4.79 Å². The lowest BCUT2D eigenvalue weighted by Crippen LogP contribution is -2.17. The van der Waals surface area contributed by atoms with Crippen molar-refractivity contribution < 1.29 is 9.53 Å². The number of carbonyl (C=O) groups excluding carboxylic acids is 1. The minimum Gasteiger partial charge on any atom is -0.496 e. The van der Waals surface area contributed by atoms with Crippen LogP contribution >= 0.6 is 0 Å². The summed E-state index contributed by atoms with van der Waals surface area (Å²) in [5, 5.41) is 0. The predicted octanol–water partition coefficient (Wildman–Crippen LogP) is 2.60. The second-order valence-electron chi connectivity index (χ2n) is 4.59. The van der Waals surface area contributed by atoms with Gasteiger partial charge >= 0.3 is 0 Å². The van der Waals surface area contributed by atoms with Crippen molar-refractivity contribution in [2.24, 2.45) is 5.73 Å². The van der Waals surface area contributed by atoms with Gasteiger partial charge in [-0.05, 0) is 44.4 Å². The molecule has 0 aliphatic rings. The Morgan fingerprint density at radius 1 is 1.35 bits per heavy atom. The first-order valence-corrected chi connectivity index (χ1v) is 5.78. The Bertz CT molecular complexity index is 438. The van der Waals surface area contributed by atoms with Gasteiger partial charge in [0, 0.05) is 18.0 Å². The van der Waals surface area contributed by atoms with Gasteiger partial charge in [0.2, 0.25) is 0 Å². The van der Waals surface area contributed by atoms with Gasteiger partial charge in [-0.25, -0.2) is 0 Å². The lowest BCUT2D eigenvalue weighted by molar-refractivity contribution is -0.117. The van der Waals surface area contributed by atoms with Crippen molar-refractivity contribution in [2.45, 2.75) is 40.2 Å². The number of hydrogen-bond acceptors (Lipinski definition) is 3. The molecule has 0 bridgehead atoms. The Morgan fingerprint density at radius 3 is 2.41 bits per heavy atom. The highest BCUT2D eigenvalue weighted by Gasteiger charge is 2.19. The lowest BCUT2D eigenvalue weighted by Gasteiger charge is -2.20. The van der Waals surface area contributed by atoms with Crippen molar-refractivity contribution in [1.82, 2.24) is 0 Å². The summed E-state index contributed by atoms with van der Waals surface area (Å²) in [5.41, 5.74) is 10.4. The van der Waals surface area contributed by atoms with Crippen LogP contribution in [0.4, 0.5) is 0 Å². The molecule has 1 atom stereocenters. The Labute approximate surface area is 103 Å². The van der Waals surface area contributed by atoms with E-state index in [1.165, 1.54) is 5.56 Å². The van der Waals surface area contributed by atoms with Crippen molar-refractivity contribution in [1.29, 1.82) is 0 Å². The van der Waals surface area contributed by atoms with E-state index in [2.05, 4.69) is 6.07 Å². The van der Waals surface area contributed by atoms with E-state index in [1.54, 1.807) is 14.0 Å². The maximum absolute atomic E-state index is 11.2. The van der Waals surface area contributed by atoms with Crippen molar-refractivity contribution in [2.75, 3.05) is 7.11 Å². The van der Waals surface area contributed by atoms with Gasteiger partial charge in [0.1, 0.15) is 11.5 Å². The second-order valence-corrected chi connectivity index (χ2v) is 4.59. The number of rotatable bonds is 4. The van der Waals surface area contributed by atoms with E-state index >= 15 is 0 Å². The number of nitrogens with two attached hydrogens (primary N) is 1. The fraction of sp³-hybridized carbons (Fsp3) is 0.500. The van der Waals surface area contributed by atoms with Crippen molar-refractivity contribution in [3.05, 3.63) is 28.3 Å². The molecule has 1 rings (SSSR count). The monoisotopic (exact) mass is 235 g/mol. The highest BCUT2D eigenvalue weighted by Crippen LogP contribution is 2.34. The molecule has 0 fully saturated rings. The van der Waals surface area contributed by atoms with Crippen LogP contribution in [-0.4, -0.2) is 12.9 Å². The fourth-order valence-corrected chi connectivity index (χ4v) is 2.21. The summed E-state index contributed by atoms with van der Waals surface area (Å²) in [4.78, 5) is 11.2. The molecule has 0 aliphatic carbocycles. The minimum atomic E-state index is -0.290. The zero-order valence-corrected chi connectivity index (χ0v) is 11.3.